The summed E-state index contributed by atoms with van der Waals surface area (Å²) in [5.41, 5.74) is 2.63. The zero-order valence-corrected chi connectivity index (χ0v) is 25.7. The van der Waals surface area contributed by atoms with E-state index in [1.165, 1.54) is 17.5 Å². The Balaban J connectivity index is 0.00000370. The van der Waals surface area contributed by atoms with Gasteiger partial charge in [0.1, 0.15) is 19.2 Å². The summed E-state index contributed by atoms with van der Waals surface area (Å²) >= 11 is 0. The van der Waals surface area contributed by atoms with E-state index in [9.17, 15) is 4.79 Å². The van der Waals surface area contributed by atoms with Crippen LogP contribution in [0.2, 0.25) is 0 Å². The summed E-state index contributed by atoms with van der Waals surface area (Å²) in [6, 6.07) is 21.2. The number of carbonyl (C=O) groups is 1. The average molecular weight is 667 g/mol. The molecule has 220 valence electrons. The molecule has 5 rings (SSSR count). The van der Waals surface area contributed by atoms with Gasteiger partial charge in [-0.25, -0.2) is 4.79 Å². The number of hydrogen-bond acceptors (Lipinski definition) is 6. The number of nitrogens with zero attached hydrogens (tertiary/aromatic N) is 1. The molecule has 0 atom stereocenters. The van der Waals surface area contributed by atoms with Crippen molar-refractivity contribution in [2.75, 3.05) is 20.1 Å². The molecule has 0 unspecified atom stereocenters. The van der Waals surface area contributed by atoms with E-state index in [0.717, 1.165) is 56.2 Å². The minimum absolute atomic E-state index is 0. The molecule has 1 amide bonds. The Morgan fingerprint density at radius 1 is 0.825 bits per heavy atom. The van der Waals surface area contributed by atoms with Crippen LogP contribution in [0.15, 0.2) is 60.7 Å². The van der Waals surface area contributed by atoms with Crippen LogP contribution in [0.1, 0.15) is 75.3 Å². The molecule has 2 saturated carbocycles. The lowest BCUT2D eigenvalue weighted by Gasteiger charge is -2.46. The minimum Gasteiger partial charge on any atom is -1.00 e. The van der Waals surface area contributed by atoms with Crippen molar-refractivity contribution in [3.05, 3.63) is 71.8 Å². The van der Waals surface area contributed by atoms with Crippen molar-refractivity contribution in [2.24, 2.45) is 0 Å². The maximum atomic E-state index is 12.5. The maximum absolute atomic E-state index is 12.5. The molecule has 1 aliphatic heterocycles. The summed E-state index contributed by atoms with van der Waals surface area (Å²) in [5.74, 6) is -1.66. The molecule has 40 heavy (non-hydrogen) atoms. The van der Waals surface area contributed by atoms with Gasteiger partial charge in [-0.1, -0.05) is 67.1 Å². The van der Waals surface area contributed by atoms with Crippen LogP contribution >= 0.6 is 0 Å². The number of hydrogen-bond donors (Lipinski definition) is 1. The number of carbonyl (C=O) groups excluding carboxylic acids is 1. The van der Waals surface area contributed by atoms with Crippen LogP contribution in [0.3, 0.4) is 0 Å². The fourth-order valence-electron chi connectivity index (χ4n) is 6.01. The number of rotatable bonds is 9. The van der Waals surface area contributed by atoms with Gasteiger partial charge in [0, 0.05) is 49.8 Å². The van der Waals surface area contributed by atoms with E-state index in [2.05, 4.69) is 73.0 Å². The van der Waals surface area contributed by atoms with Crippen LogP contribution in [0.5, 0.6) is 0 Å². The highest BCUT2D eigenvalue weighted by Crippen LogP contribution is 2.44. The molecule has 1 N–H and O–H groups in total. The topological polar surface area (TPSA) is 75.3 Å². The van der Waals surface area contributed by atoms with Crippen molar-refractivity contribution in [3.8, 4) is 0 Å². The zero-order valence-electron chi connectivity index (χ0n) is 23.5. The van der Waals surface area contributed by atoms with E-state index < -0.39 is 11.6 Å². The summed E-state index contributed by atoms with van der Waals surface area (Å²) < 4.78 is 6.57. The van der Waals surface area contributed by atoms with Gasteiger partial charge >= 0.3 is 6.09 Å². The summed E-state index contributed by atoms with van der Waals surface area (Å²) in [6.45, 7) is 3.38. The number of quaternary nitrogens is 1. The first kappa shape index (κ1) is 31.2. The molecule has 0 bridgehead atoms. The van der Waals surface area contributed by atoms with E-state index in [-0.39, 0.29) is 36.2 Å². The third-order valence-electron chi connectivity index (χ3n) is 8.23. The van der Waals surface area contributed by atoms with Gasteiger partial charge in [0.25, 0.3) is 0 Å². The summed E-state index contributed by atoms with van der Waals surface area (Å²) in [4.78, 5) is 35.5. The molecule has 3 aliphatic rings. The van der Waals surface area contributed by atoms with E-state index in [4.69, 9.17) is 24.3 Å². The highest BCUT2D eigenvalue weighted by molar-refractivity contribution is 5.67. The number of nitrogens with one attached hydrogen (secondary N) is 1. The molecular formula is C31H43IN2O6. The molecule has 1 saturated heterocycles. The number of halogens is 1. The van der Waals surface area contributed by atoms with Gasteiger partial charge in [-0.05, 0) is 25.7 Å². The predicted molar refractivity (Wildman–Crippen MR) is 146 cm³/mol. The van der Waals surface area contributed by atoms with Gasteiger partial charge in [-0.2, -0.15) is 19.6 Å². The van der Waals surface area contributed by atoms with Crippen molar-refractivity contribution in [1.82, 2.24) is 5.32 Å². The highest BCUT2D eigenvalue weighted by Gasteiger charge is 2.51. The molecule has 9 heteroatoms. The lowest BCUT2D eigenvalue weighted by atomic mass is 9.91. The van der Waals surface area contributed by atoms with Crippen LogP contribution in [0.25, 0.3) is 0 Å². The minimum atomic E-state index is -0.904. The van der Waals surface area contributed by atoms with Gasteiger partial charge in [0.2, 0.25) is 11.6 Å². The van der Waals surface area contributed by atoms with Crippen LogP contribution in [0.4, 0.5) is 4.79 Å². The molecule has 1 heterocycles. The van der Waals surface area contributed by atoms with E-state index >= 15 is 0 Å². The molecule has 0 aromatic heterocycles. The molecule has 2 spiro atoms. The second-order valence-electron chi connectivity index (χ2n) is 11.7. The van der Waals surface area contributed by atoms with Crippen molar-refractivity contribution in [1.29, 1.82) is 0 Å². The van der Waals surface area contributed by atoms with E-state index in [0.29, 0.717) is 32.2 Å². The predicted octanol–water partition coefficient (Wildman–Crippen LogP) is 3.16. The Kier molecular flexibility index (Phi) is 11.2. The smallest absolute Gasteiger partial charge is 0.407 e. The van der Waals surface area contributed by atoms with E-state index in [1.54, 1.807) is 0 Å². The first-order chi connectivity index (χ1) is 19.0. The third-order valence-corrected chi connectivity index (χ3v) is 8.23. The van der Waals surface area contributed by atoms with Crippen LogP contribution in [0, 0.1) is 0 Å². The summed E-state index contributed by atoms with van der Waals surface area (Å²) in [5, 5.41) is 2.96. The van der Waals surface area contributed by atoms with Gasteiger partial charge in [0.15, 0.2) is 0 Å². The van der Waals surface area contributed by atoms with E-state index in [1.807, 2.05) is 0 Å². The first-order valence-corrected chi connectivity index (χ1v) is 14.6. The second kappa shape index (κ2) is 14.4. The third kappa shape index (κ3) is 8.62. The summed E-state index contributed by atoms with van der Waals surface area (Å²) in [7, 11) is 2.29. The molecule has 2 aromatic rings. The summed E-state index contributed by atoms with van der Waals surface area (Å²) in [6.07, 6.45) is 7.53. The van der Waals surface area contributed by atoms with Crippen LogP contribution in [-0.4, -0.2) is 48.4 Å². The van der Waals surface area contributed by atoms with Gasteiger partial charge in [-0.15, -0.1) is 0 Å². The second-order valence-corrected chi connectivity index (χ2v) is 11.7. The lowest BCUT2D eigenvalue weighted by molar-refractivity contribution is -0.935. The maximum Gasteiger partial charge on any atom is 0.407 e. The monoisotopic (exact) mass is 666 g/mol. The van der Waals surface area contributed by atoms with Gasteiger partial charge in [0.05, 0.1) is 13.6 Å². The molecule has 8 nitrogen and oxygen atoms in total. The normalized spacial score (nSPS) is 20.5. The largest absolute Gasteiger partial charge is 1.00 e. The Bertz CT molecular complexity index is 989. The highest BCUT2D eigenvalue weighted by atomic mass is 127. The molecule has 0 radical (unpaired) electrons. The molecule has 2 aromatic carbocycles. The average Bonchev–Trinajstić information content (AvgIpc) is 2.96. The molecular weight excluding hydrogens is 623 g/mol. The van der Waals surface area contributed by atoms with Crippen molar-refractivity contribution >= 4 is 6.09 Å². The number of alkyl carbamates (subject to hydrolysis) is 1. The number of benzene rings is 2. The zero-order chi connectivity index (χ0) is 27.0. The Morgan fingerprint density at radius 2 is 1.32 bits per heavy atom. The first-order valence-electron chi connectivity index (χ1n) is 14.6. The standard InChI is InChI=1S/C31H42N2O6.HI/c1-33(24-26-12-5-2-6-13-26,25-27-14-7-3-8-15-27)23-11-22-32-29(34)35-28-16-20-31(21-17-28)38-36-30(37-39-31)18-9-4-10-19-30;/h2-3,5-8,12-15,28H,4,9-11,16-25H2,1H3;1H. The van der Waals surface area contributed by atoms with Crippen LogP contribution < -0.4 is 29.3 Å². The number of amides is 1. The quantitative estimate of drug-likeness (QED) is 0.192. The Morgan fingerprint density at radius 3 is 1.85 bits per heavy atom. The van der Waals surface area contributed by atoms with Crippen molar-refractivity contribution < 1.29 is 57.5 Å². The van der Waals surface area contributed by atoms with Gasteiger partial charge < -0.3 is 38.5 Å². The van der Waals surface area contributed by atoms with Gasteiger partial charge in [-0.3, -0.25) is 0 Å². The van der Waals surface area contributed by atoms with Crippen LogP contribution in [-0.2, 0) is 37.4 Å². The Hall–Kier alpha value is -1.76. The Labute approximate surface area is 255 Å². The van der Waals surface area contributed by atoms with Crippen molar-refractivity contribution in [2.45, 2.75) is 95.0 Å². The fraction of sp³-hybridized carbons (Fsp3) is 0.581. The van der Waals surface area contributed by atoms with Crippen molar-refractivity contribution in [3.63, 3.8) is 0 Å². The SMILES string of the molecule is C[N+](CCCNC(=O)OC1CCC2(CC1)OOC1(CCCCC1)OO2)(Cc1ccccc1)Cc1ccccc1.[I-]. The molecule has 3 fully saturated rings. The lowest BCUT2D eigenvalue weighted by Crippen LogP contribution is -3.00. The fourth-order valence-corrected chi connectivity index (χ4v) is 6.01. The molecule has 2 aliphatic carbocycles. The number of ether oxygens (including phenoxy) is 1.